The van der Waals surface area contributed by atoms with Gasteiger partial charge in [-0.1, -0.05) is 19.1 Å². The molecule has 0 radical (unpaired) electrons. The number of benzene rings is 1. The minimum atomic E-state index is -0.199. The van der Waals surface area contributed by atoms with Gasteiger partial charge in [0.25, 0.3) is 5.91 Å². The molecule has 0 bridgehead atoms. The fraction of sp³-hybridized carbons (Fsp3) is 0.421. The third kappa shape index (κ3) is 5.45. The first-order valence-electron chi connectivity index (χ1n) is 8.58. The zero-order chi connectivity index (χ0) is 18.4. The van der Waals surface area contributed by atoms with Crippen molar-refractivity contribution >= 4 is 17.4 Å². The molecular weight excluding hydrogens is 316 g/mol. The van der Waals surface area contributed by atoms with Gasteiger partial charge in [0, 0.05) is 12.1 Å². The van der Waals surface area contributed by atoms with Crippen molar-refractivity contribution in [2.45, 2.75) is 53.2 Å². The van der Waals surface area contributed by atoms with Crippen molar-refractivity contribution in [2.24, 2.45) is 0 Å². The molecule has 2 N–H and O–H groups in total. The van der Waals surface area contributed by atoms with E-state index in [4.69, 9.17) is 4.74 Å². The van der Waals surface area contributed by atoms with E-state index >= 15 is 0 Å². The summed E-state index contributed by atoms with van der Waals surface area (Å²) in [5.74, 6) is 1.62. The highest BCUT2D eigenvalue weighted by Gasteiger charge is 2.13. The first-order valence-corrected chi connectivity index (χ1v) is 8.58. The number of hydrogen-bond donors (Lipinski definition) is 2. The lowest BCUT2D eigenvalue weighted by atomic mass is 10.2. The fourth-order valence-corrected chi connectivity index (χ4v) is 2.21. The number of rotatable bonds is 7. The van der Waals surface area contributed by atoms with Crippen LogP contribution in [-0.4, -0.2) is 28.0 Å². The number of carbonyl (C=O) groups is 1. The Morgan fingerprint density at radius 2 is 1.92 bits per heavy atom. The van der Waals surface area contributed by atoms with Gasteiger partial charge < -0.3 is 15.4 Å². The molecule has 0 aliphatic carbocycles. The largest absolute Gasteiger partial charge is 0.489 e. The lowest BCUT2D eigenvalue weighted by Gasteiger charge is -2.16. The zero-order valence-electron chi connectivity index (χ0n) is 15.5. The number of para-hydroxylation sites is 2. The summed E-state index contributed by atoms with van der Waals surface area (Å²) in [5.41, 5.74) is 1.14. The molecule has 0 saturated heterocycles. The molecule has 6 nitrogen and oxygen atoms in total. The summed E-state index contributed by atoms with van der Waals surface area (Å²) in [6.07, 6.45) is 0.924. The molecule has 2 aromatic rings. The number of aromatic nitrogens is 2. The highest BCUT2D eigenvalue weighted by molar-refractivity contribution is 5.93. The molecule has 0 aliphatic rings. The summed E-state index contributed by atoms with van der Waals surface area (Å²) < 4.78 is 5.81. The van der Waals surface area contributed by atoms with Crippen molar-refractivity contribution in [3.05, 3.63) is 41.9 Å². The molecule has 25 heavy (non-hydrogen) atoms. The maximum atomic E-state index is 12.3. The Hall–Kier alpha value is -2.63. The van der Waals surface area contributed by atoms with Gasteiger partial charge in [-0.05, 0) is 46.2 Å². The predicted octanol–water partition coefficient (Wildman–Crippen LogP) is 3.84. The highest BCUT2D eigenvalue weighted by atomic mass is 16.5. The van der Waals surface area contributed by atoms with Crippen LogP contribution in [0.25, 0.3) is 0 Å². The molecular formula is C19H26N4O2. The van der Waals surface area contributed by atoms with Crippen LogP contribution in [0.4, 0.5) is 11.5 Å². The van der Waals surface area contributed by atoms with Crippen molar-refractivity contribution < 1.29 is 9.53 Å². The molecule has 1 aromatic carbocycles. The predicted molar refractivity (Wildman–Crippen MR) is 99.5 cm³/mol. The minimum Gasteiger partial charge on any atom is -0.489 e. The van der Waals surface area contributed by atoms with E-state index in [1.165, 1.54) is 0 Å². The molecule has 0 fully saturated rings. The Balaban J connectivity index is 2.25. The molecule has 1 heterocycles. The monoisotopic (exact) mass is 342 g/mol. The Morgan fingerprint density at radius 3 is 2.60 bits per heavy atom. The van der Waals surface area contributed by atoms with E-state index in [1.54, 1.807) is 13.0 Å². The van der Waals surface area contributed by atoms with Crippen LogP contribution in [0.5, 0.6) is 5.75 Å². The zero-order valence-corrected chi connectivity index (χ0v) is 15.5. The standard InChI is InChI=1S/C19H26N4O2/c1-6-13(4)20-19(24)16-11-18(22-14(5)21-16)23-15-9-7-8-10-17(15)25-12(2)3/h7-13H,6H2,1-5H3,(H,20,24)(H,21,22,23). The molecule has 0 spiro atoms. The van der Waals surface area contributed by atoms with Gasteiger partial charge in [-0.15, -0.1) is 0 Å². The number of amides is 1. The van der Waals surface area contributed by atoms with Gasteiger partial charge in [0.2, 0.25) is 0 Å². The molecule has 1 amide bonds. The van der Waals surface area contributed by atoms with Crippen molar-refractivity contribution in [2.75, 3.05) is 5.32 Å². The Bertz CT molecular complexity index is 731. The third-order valence-electron chi connectivity index (χ3n) is 3.57. The first-order chi connectivity index (χ1) is 11.9. The third-order valence-corrected chi connectivity index (χ3v) is 3.57. The summed E-state index contributed by atoms with van der Waals surface area (Å²) >= 11 is 0. The topological polar surface area (TPSA) is 76.1 Å². The van der Waals surface area contributed by atoms with E-state index in [0.29, 0.717) is 17.3 Å². The van der Waals surface area contributed by atoms with E-state index in [1.807, 2.05) is 52.0 Å². The smallest absolute Gasteiger partial charge is 0.270 e. The van der Waals surface area contributed by atoms with Crippen molar-refractivity contribution in [3.63, 3.8) is 0 Å². The van der Waals surface area contributed by atoms with Gasteiger partial charge in [0.15, 0.2) is 0 Å². The van der Waals surface area contributed by atoms with E-state index < -0.39 is 0 Å². The number of hydrogen-bond acceptors (Lipinski definition) is 5. The Kier molecular flexibility index (Phi) is 6.33. The van der Waals surface area contributed by atoms with Crippen LogP contribution in [0, 0.1) is 6.92 Å². The number of nitrogens with zero attached hydrogens (tertiary/aromatic N) is 2. The van der Waals surface area contributed by atoms with E-state index in [9.17, 15) is 4.79 Å². The van der Waals surface area contributed by atoms with E-state index in [2.05, 4.69) is 20.6 Å². The molecule has 134 valence electrons. The van der Waals surface area contributed by atoms with Crippen molar-refractivity contribution in [3.8, 4) is 5.75 Å². The number of ether oxygens (including phenoxy) is 1. The Morgan fingerprint density at radius 1 is 1.20 bits per heavy atom. The van der Waals surface area contributed by atoms with Crippen molar-refractivity contribution in [1.29, 1.82) is 0 Å². The van der Waals surface area contributed by atoms with Crippen LogP contribution in [0.3, 0.4) is 0 Å². The quantitative estimate of drug-likeness (QED) is 0.799. The fourth-order valence-electron chi connectivity index (χ4n) is 2.21. The maximum absolute atomic E-state index is 12.3. The second kappa shape index (κ2) is 8.46. The van der Waals surface area contributed by atoms with Gasteiger partial charge in [-0.25, -0.2) is 9.97 Å². The van der Waals surface area contributed by atoms with Crippen LogP contribution in [0.15, 0.2) is 30.3 Å². The van der Waals surface area contributed by atoms with Crippen LogP contribution in [0.1, 0.15) is 50.4 Å². The van der Waals surface area contributed by atoms with E-state index in [0.717, 1.165) is 17.9 Å². The molecule has 1 aromatic heterocycles. The molecule has 2 rings (SSSR count). The van der Waals surface area contributed by atoms with Crippen LogP contribution in [0.2, 0.25) is 0 Å². The van der Waals surface area contributed by atoms with Crippen LogP contribution < -0.4 is 15.4 Å². The minimum absolute atomic E-state index is 0.0620. The van der Waals surface area contributed by atoms with Gasteiger partial charge >= 0.3 is 0 Å². The molecule has 6 heteroatoms. The second-order valence-electron chi connectivity index (χ2n) is 6.26. The number of anilines is 2. The number of aryl methyl sites for hydroxylation is 1. The van der Waals surface area contributed by atoms with Gasteiger partial charge in [0.1, 0.15) is 23.1 Å². The van der Waals surface area contributed by atoms with Gasteiger partial charge in [-0.3, -0.25) is 4.79 Å². The normalized spacial score (nSPS) is 11.9. The molecule has 1 atom stereocenters. The van der Waals surface area contributed by atoms with Crippen LogP contribution >= 0.6 is 0 Å². The molecule has 0 saturated carbocycles. The maximum Gasteiger partial charge on any atom is 0.270 e. The average molecular weight is 342 g/mol. The van der Waals surface area contributed by atoms with Crippen molar-refractivity contribution in [1.82, 2.24) is 15.3 Å². The number of carbonyl (C=O) groups excluding carboxylic acids is 1. The summed E-state index contributed by atoms with van der Waals surface area (Å²) in [6, 6.07) is 9.39. The second-order valence-corrected chi connectivity index (χ2v) is 6.26. The van der Waals surface area contributed by atoms with E-state index in [-0.39, 0.29) is 18.1 Å². The summed E-state index contributed by atoms with van der Waals surface area (Å²) in [4.78, 5) is 20.9. The first kappa shape index (κ1) is 18.7. The SMILES string of the molecule is CCC(C)NC(=O)c1cc(Nc2ccccc2OC(C)C)nc(C)n1. The van der Waals surface area contributed by atoms with Gasteiger partial charge in [0.05, 0.1) is 11.8 Å². The highest BCUT2D eigenvalue weighted by Crippen LogP contribution is 2.27. The average Bonchev–Trinajstić information content (AvgIpc) is 2.55. The molecule has 1 unspecified atom stereocenters. The molecule has 0 aliphatic heterocycles. The lowest BCUT2D eigenvalue weighted by Crippen LogP contribution is -2.32. The lowest BCUT2D eigenvalue weighted by molar-refractivity contribution is 0.0934. The van der Waals surface area contributed by atoms with Gasteiger partial charge in [-0.2, -0.15) is 0 Å². The summed E-state index contributed by atoms with van der Waals surface area (Å²) in [5, 5.41) is 6.15. The Labute approximate surface area is 149 Å². The summed E-state index contributed by atoms with van der Waals surface area (Å²) in [6.45, 7) is 9.70. The van der Waals surface area contributed by atoms with Crippen LogP contribution in [-0.2, 0) is 0 Å². The summed E-state index contributed by atoms with van der Waals surface area (Å²) in [7, 11) is 0. The number of nitrogens with one attached hydrogen (secondary N) is 2.